The normalized spacial score (nSPS) is 15.2. The number of thiazole rings is 1. The Morgan fingerprint density at radius 1 is 1.21 bits per heavy atom. The van der Waals surface area contributed by atoms with Crippen LogP contribution in [-0.4, -0.2) is 10.1 Å². The molecule has 3 nitrogen and oxygen atoms in total. The van der Waals surface area contributed by atoms with Crippen molar-refractivity contribution in [2.45, 2.75) is 38.3 Å². The first kappa shape index (κ1) is 14.2. The topological polar surface area (TPSA) is 59.1 Å². The van der Waals surface area contributed by atoms with Crippen LogP contribution in [0.2, 0.25) is 0 Å². The lowest BCUT2D eigenvalue weighted by atomic mass is 9.97. The molecule has 0 spiro atoms. The van der Waals surface area contributed by atoms with Crippen molar-refractivity contribution in [3.8, 4) is 0 Å². The van der Waals surface area contributed by atoms with E-state index < -0.39 is 12.1 Å². The predicted molar refractivity (Wildman–Crippen MR) is 79.1 cm³/mol. The maximum absolute atomic E-state index is 10.3. The van der Waals surface area contributed by atoms with Crippen LogP contribution in [0.3, 0.4) is 0 Å². The van der Waals surface area contributed by atoms with E-state index in [0.717, 1.165) is 10.6 Å². The standard InChI is InChI=1S/C15H20N2OS/c1-15(2,3)14-17-11(9-19-14)13(18)12(16)10-7-5-4-6-8-10/h4-9,12-13,18H,16H2,1-3H3. The van der Waals surface area contributed by atoms with E-state index in [9.17, 15) is 5.11 Å². The number of aliphatic hydroxyl groups is 1. The van der Waals surface area contributed by atoms with E-state index in [1.807, 2.05) is 35.7 Å². The third kappa shape index (κ3) is 3.21. The van der Waals surface area contributed by atoms with Gasteiger partial charge in [0.15, 0.2) is 0 Å². The van der Waals surface area contributed by atoms with E-state index in [1.54, 1.807) is 11.3 Å². The zero-order valence-corrected chi connectivity index (χ0v) is 12.3. The molecule has 0 bridgehead atoms. The van der Waals surface area contributed by atoms with Crippen LogP contribution in [0.4, 0.5) is 0 Å². The summed E-state index contributed by atoms with van der Waals surface area (Å²) in [6.45, 7) is 6.33. The fraction of sp³-hybridized carbons (Fsp3) is 0.400. The van der Waals surface area contributed by atoms with Crippen LogP contribution >= 0.6 is 11.3 Å². The van der Waals surface area contributed by atoms with Crippen LogP contribution in [0, 0.1) is 0 Å². The molecule has 2 atom stereocenters. The molecule has 1 aromatic carbocycles. The summed E-state index contributed by atoms with van der Waals surface area (Å²) in [5.41, 5.74) is 7.68. The molecule has 1 aromatic heterocycles. The number of nitrogens with zero attached hydrogens (tertiary/aromatic N) is 1. The van der Waals surface area contributed by atoms with Crippen LogP contribution in [0.15, 0.2) is 35.7 Å². The summed E-state index contributed by atoms with van der Waals surface area (Å²) in [4.78, 5) is 4.52. The molecule has 0 radical (unpaired) electrons. The first-order valence-corrected chi connectivity index (χ1v) is 7.22. The van der Waals surface area contributed by atoms with Gasteiger partial charge in [-0.05, 0) is 5.56 Å². The highest BCUT2D eigenvalue weighted by Gasteiger charge is 2.24. The van der Waals surface area contributed by atoms with Crippen molar-refractivity contribution >= 4 is 11.3 Å². The van der Waals surface area contributed by atoms with Crippen molar-refractivity contribution in [3.63, 3.8) is 0 Å². The molecule has 0 aliphatic carbocycles. The van der Waals surface area contributed by atoms with Crippen molar-refractivity contribution in [1.82, 2.24) is 4.98 Å². The molecule has 2 rings (SSSR count). The second kappa shape index (κ2) is 5.41. The molecule has 0 fully saturated rings. The van der Waals surface area contributed by atoms with Gasteiger partial charge in [0.05, 0.1) is 16.7 Å². The van der Waals surface area contributed by atoms with Crippen LogP contribution in [0.25, 0.3) is 0 Å². The van der Waals surface area contributed by atoms with Gasteiger partial charge in [-0.15, -0.1) is 11.3 Å². The molecule has 0 amide bonds. The summed E-state index contributed by atoms with van der Waals surface area (Å²) in [7, 11) is 0. The molecule has 1 heterocycles. The molecule has 0 saturated carbocycles. The number of nitrogens with two attached hydrogens (primary N) is 1. The third-order valence-electron chi connectivity index (χ3n) is 2.99. The average molecular weight is 276 g/mol. The zero-order valence-electron chi connectivity index (χ0n) is 11.5. The monoisotopic (exact) mass is 276 g/mol. The quantitative estimate of drug-likeness (QED) is 0.905. The van der Waals surface area contributed by atoms with Gasteiger partial charge in [0.2, 0.25) is 0 Å². The number of benzene rings is 1. The van der Waals surface area contributed by atoms with E-state index in [0.29, 0.717) is 5.69 Å². The van der Waals surface area contributed by atoms with Gasteiger partial charge in [0.25, 0.3) is 0 Å². The lowest BCUT2D eigenvalue weighted by Gasteiger charge is -2.18. The van der Waals surface area contributed by atoms with Gasteiger partial charge in [-0.1, -0.05) is 51.1 Å². The summed E-state index contributed by atoms with van der Waals surface area (Å²) in [5, 5.41) is 13.3. The molecule has 2 aromatic rings. The number of hydrogen-bond donors (Lipinski definition) is 2. The van der Waals surface area contributed by atoms with Gasteiger partial charge in [-0.2, -0.15) is 0 Å². The Morgan fingerprint density at radius 3 is 2.37 bits per heavy atom. The average Bonchev–Trinajstić information content (AvgIpc) is 2.87. The largest absolute Gasteiger partial charge is 0.385 e. The Balaban J connectivity index is 2.20. The number of rotatable bonds is 3. The smallest absolute Gasteiger partial charge is 0.116 e. The third-order valence-corrected chi connectivity index (χ3v) is 4.28. The Kier molecular flexibility index (Phi) is 4.04. The Bertz CT molecular complexity index is 531. The van der Waals surface area contributed by atoms with Gasteiger partial charge in [-0.25, -0.2) is 4.98 Å². The minimum absolute atomic E-state index is 0.000517. The van der Waals surface area contributed by atoms with Crippen molar-refractivity contribution in [2.24, 2.45) is 5.73 Å². The predicted octanol–water partition coefficient (Wildman–Crippen LogP) is 3.17. The second-order valence-corrected chi connectivity index (χ2v) is 6.57. The fourth-order valence-electron chi connectivity index (χ4n) is 1.81. The first-order valence-electron chi connectivity index (χ1n) is 6.34. The minimum atomic E-state index is -0.769. The first-order chi connectivity index (χ1) is 8.89. The highest BCUT2D eigenvalue weighted by atomic mass is 32.1. The summed E-state index contributed by atoms with van der Waals surface area (Å²) in [6.07, 6.45) is -0.769. The van der Waals surface area contributed by atoms with Crippen LogP contribution in [-0.2, 0) is 5.41 Å². The Morgan fingerprint density at radius 2 is 1.84 bits per heavy atom. The molecule has 0 aliphatic heterocycles. The van der Waals surface area contributed by atoms with E-state index in [2.05, 4.69) is 25.8 Å². The highest BCUT2D eigenvalue weighted by Crippen LogP contribution is 2.31. The summed E-state index contributed by atoms with van der Waals surface area (Å²) >= 11 is 1.57. The van der Waals surface area contributed by atoms with E-state index in [4.69, 9.17) is 5.73 Å². The number of aromatic nitrogens is 1. The molecule has 4 heteroatoms. The number of hydrogen-bond acceptors (Lipinski definition) is 4. The lowest BCUT2D eigenvalue weighted by Crippen LogP contribution is -2.20. The Labute approximate surface area is 118 Å². The molecule has 3 N–H and O–H groups in total. The summed E-state index contributed by atoms with van der Waals surface area (Å²) in [5.74, 6) is 0. The van der Waals surface area contributed by atoms with Crippen molar-refractivity contribution in [3.05, 3.63) is 52.0 Å². The SMILES string of the molecule is CC(C)(C)c1nc(C(O)C(N)c2ccccc2)cs1. The van der Waals surface area contributed by atoms with Gasteiger partial charge in [0, 0.05) is 10.8 Å². The molecule has 102 valence electrons. The molecular weight excluding hydrogens is 256 g/mol. The van der Waals surface area contributed by atoms with Gasteiger partial charge in [0.1, 0.15) is 6.10 Å². The van der Waals surface area contributed by atoms with Crippen molar-refractivity contribution < 1.29 is 5.11 Å². The fourth-order valence-corrected chi connectivity index (χ4v) is 2.74. The lowest BCUT2D eigenvalue weighted by molar-refractivity contribution is 0.142. The molecule has 0 aliphatic rings. The maximum Gasteiger partial charge on any atom is 0.116 e. The van der Waals surface area contributed by atoms with Crippen LogP contribution < -0.4 is 5.73 Å². The summed E-state index contributed by atoms with van der Waals surface area (Å²) < 4.78 is 0. The van der Waals surface area contributed by atoms with E-state index >= 15 is 0 Å². The molecule has 2 unspecified atom stereocenters. The Hall–Kier alpha value is -1.23. The number of aliphatic hydroxyl groups excluding tert-OH is 1. The van der Waals surface area contributed by atoms with Crippen molar-refractivity contribution in [1.29, 1.82) is 0 Å². The van der Waals surface area contributed by atoms with Gasteiger partial charge in [-0.3, -0.25) is 0 Å². The van der Waals surface area contributed by atoms with E-state index in [-0.39, 0.29) is 5.41 Å². The maximum atomic E-state index is 10.3. The molecular formula is C15H20N2OS. The minimum Gasteiger partial charge on any atom is -0.385 e. The molecule has 19 heavy (non-hydrogen) atoms. The molecule has 0 saturated heterocycles. The van der Waals surface area contributed by atoms with E-state index in [1.165, 1.54) is 0 Å². The highest BCUT2D eigenvalue weighted by molar-refractivity contribution is 7.09. The van der Waals surface area contributed by atoms with Crippen LogP contribution in [0.1, 0.15) is 49.2 Å². The summed E-state index contributed by atoms with van der Waals surface area (Å²) in [6, 6.07) is 9.17. The van der Waals surface area contributed by atoms with Crippen LogP contribution in [0.5, 0.6) is 0 Å². The van der Waals surface area contributed by atoms with Crippen molar-refractivity contribution in [2.75, 3.05) is 0 Å². The van der Waals surface area contributed by atoms with Gasteiger partial charge >= 0.3 is 0 Å². The zero-order chi connectivity index (χ0) is 14.0. The second-order valence-electron chi connectivity index (χ2n) is 5.71. The van der Waals surface area contributed by atoms with Gasteiger partial charge < -0.3 is 10.8 Å².